The van der Waals surface area contributed by atoms with E-state index in [-0.39, 0.29) is 41.4 Å². The molecule has 2 atom stereocenters. The Kier molecular flexibility index (Phi) is 12.8. The lowest BCUT2D eigenvalue weighted by molar-refractivity contribution is -0.149. The number of esters is 2. The topological polar surface area (TPSA) is 126 Å². The maximum Gasteiger partial charge on any atom is 0.303 e. The molecule has 10 nitrogen and oxygen atoms in total. The molecule has 0 fully saturated rings. The minimum Gasteiger partial charge on any atom is -0.490 e. The largest absolute Gasteiger partial charge is 0.490 e. The Morgan fingerprint density at radius 2 is 1.36 bits per heavy atom. The smallest absolute Gasteiger partial charge is 0.303 e. The molecule has 14 heteroatoms. The standard InChI is InChI=1S/C28H34Cl3NO9S/c1-17(33)32(42(6,36)37)14-24(41-19(3)35)16-38-22-9-7-20(8-10-22)28(4,5)21-11-25(30)27(26(31)12-21)39-15-23(13-29)40-18(2)34/h7-12,23-24H,13-16H2,1-6H3/t23-,24+/m1/s1. The summed E-state index contributed by atoms with van der Waals surface area (Å²) in [5.41, 5.74) is 1.13. The Morgan fingerprint density at radius 3 is 1.81 bits per heavy atom. The Labute approximate surface area is 261 Å². The average Bonchev–Trinajstić information content (AvgIpc) is 2.87. The van der Waals surface area contributed by atoms with Crippen molar-refractivity contribution >= 4 is 62.7 Å². The van der Waals surface area contributed by atoms with Crippen molar-refractivity contribution in [3.05, 3.63) is 57.6 Å². The summed E-state index contributed by atoms with van der Waals surface area (Å²) in [7, 11) is -3.86. The number of hydrogen-bond donors (Lipinski definition) is 0. The van der Waals surface area contributed by atoms with E-state index in [0.29, 0.717) is 10.1 Å². The quantitative estimate of drug-likeness (QED) is 0.203. The second-order valence-corrected chi connectivity index (χ2v) is 13.0. The zero-order valence-electron chi connectivity index (χ0n) is 24.1. The molecule has 42 heavy (non-hydrogen) atoms. The van der Waals surface area contributed by atoms with Crippen LogP contribution in [0.25, 0.3) is 0 Å². The summed E-state index contributed by atoms with van der Waals surface area (Å²) in [6.07, 6.45) is -0.786. The highest BCUT2D eigenvalue weighted by molar-refractivity contribution is 7.88. The van der Waals surface area contributed by atoms with Crippen LogP contribution in [0.2, 0.25) is 10.0 Å². The Morgan fingerprint density at radius 1 is 0.857 bits per heavy atom. The first kappa shape index (κ1) is 35.5. The van der Waals surface area contributed by atoms with Gasteiger partial charge in [0, 0.05) is 26.2 Å². The van der Waals surface area contributed by atoms with Crippen molar-refractivity contribution in [2.24, 2.45) is 0 Å². The number of sulfonamides is 1. The van der Waals surface area contributed by atoms with E-state index in [0.717, 1.165) is 24.3 Å². The molecule has 0 N–H and O–H groups in total. The van der Waals surface area contributed by atoms with Gasteiger partial charge in [-0.15, -0.1) is 11.6 Å². The average molecular weight is 667 g/mol. The van der Waals surface area contributed by atoms with Gasteiger partial charge >= 0.3 is 11.9 Å². The highest BCUT2D eigenvalue weighted by Gasteiger charge is 2.28. The zero-order valence-corrected chi connectivity index (χ0v) is 27.2. The van der Waals surface area contributed by atoms with Crippen molar-refractivity contribution in [2.75, 3.05) is 31.9 Å². The zero-order chi connectivity index (χ0) is 31.8. The third-order valence-corrected chi connectivity index (χ3v) is 8.22. The second kappa shape index (κ2) is 15.1. The molecule has 0 aliphatic carbocycles. The predicted octanol–water partition coefficient (Wildman–Crippen LogP) is 4.99. The highest BCUT2D eigenvalue weighted by Crippen LogP contribution is 2.40. The third-order valence-electron chi connectivity index (χ3n) is 6.10. The van der Waals surface area contributed by atoms with E-state index in [1.54, 1.807) is 24.3 Å². The van der Waals surface area contributed by atoms with Crippen LogP contribution in [0, 0.1) is 0 Å². The van der Waals surface area contributed by atoms with Crippen LogP contribution >= 0.6 is 34.8 Å². The van der Waals surface area contributed by atoms with Crippen molar-refractivity contribution in [2.45, 2.75) is 52.2 Å². The summed E-state index contributed by atoms with van der Waals surface area (Å²) < 4.78 is 46.3. The number of amides is 1. The van der Waals surface area contributed by atoms with Crippen LogP contribution in [-0.4, -0.2) is 74.7 Å². The van der Waals surface area contributed by atoms with Crippen LogP contribution in [0.3, 0.4) is 0 Å². The lowest BCUT2D eigenvalue weighted by Gasteiger charge is -2.28. The molecule has 1 amide bonds. The van der Waals surface area contributed by atoms with Gasteiger partial charge in [0.25, 0.3) is 0 Å². The molecule has 0 aliphatic rings. The third kappa shape index (κ3) is 10.2. The summed E-state index contributed by atoms with van der Waals surface area (Å²) in [5.74, 6) is -1.11. The van der Waals surface area contributed by atoms with Crippen LogP contribution in [0.15, 0.2) is 36.4 Å². The van der Waals surface area contributed by atoms with Gasteiger partial charge in [-0.1, -0.05) is 49.2 Å². The predicted molar refractivity (Wildman–Crippen MR) is 160 cm³/mol. The van der Waals surface area contributed by atoms with Crippen LogP contribution in [-0.2, 0) is 39.3 Å². The summed E-state index contributed by atoms with van der Waals surface area (Å²) >= 11 is 18.9. The molecule has 2 aromatic carbocycles. The van der Waals surface area contributed by atoms with Crippen LogP contribution < -0.4 is 9.47 Å². The number of hydrogen-bond acceptors (Lipinski definition) is 9. The SMILES string of the molecule is CC(=O)O[C@H](CCl)COc1c(Cl)cc(C(C)(C)c2ccc(OC[C@H](CN(C(C)=O)S(C)(=O)=O)OC(C)=O)cc2)cc1Cl. The molecule has 232 valence electrons. The van der Waals surface area contributed by atoms with E-state index >= 15 is 0 Å². The molecule has 0 saturated carbocycles. The fourth-order valence-corrected chi connectivity index (χ4v) is 5.60. The van der Waals surface area contributed by atoms with Crippen LogP contribution in [0.4, 0.5) is 0 Å². The number of benzene rings is 2. The highest BCUT2D eigenvalue weighted by atomic mass is 35.5. The molecule has 0 unspecified atom stereocenters. The van der Waals surface area contributed by atoms with E-state index in [9.17, 15) is 22.8 Å². The fraction of sp³-hybridized carbons (Fsp3) is 0.464. The number of nitrogens with zero attached hydrogens (tertiary/aromatic N) is 1. The van der Waals surface area contributed by atoms with Gasteiger partial charge in [0.2, 0.25) is 15.9 Å². The van der Waals surface area contributed by atoms with Gasteiger partial charge in [-0.05, 0) is 35.4 Å². The first-order chi connectivity index (χ1) is 19.4. The molecule has 2 aromatic rings. The number of ether oxygens (including phenoxy) is 4. The maximum absolute atomic E-state index is 12.0. The fourth-order valence-electron chi connectivity index (χ4n) is 3.94. The number of rotatable bonds is 14. The van der Waals surface area contributed by atoms with Gasteiger partial charge in [-0.3, -0.25) is 14.4 Å². The van der Waals surface area contributed by atoms with E-state index in [1.165, 1.54) is 13.8 Å². The molecular weight excluding hydrogens is 633 g/mol. The lowest BCUT2D eigenvalue weighted by Crippen LogP contribution is -2.43. The Hall–Kier alpha value is -2.73. The Bertz CT molecular complexity index is 1360. The van der Waals surface area contributed by atoms with E-state index < -0.39 is 45.5 Å². The lowest BCUT2D eigenvalue weighted by atomic mass is 9.78. The van der Waals surface area contributed by atoms with Crippen LogP contribution in [0.1, 0.15) is 45.7 Å². The monoisotopic (exact) mass is 665 g/mol. The second-order valence-electron chi connectivity index (χ2n) is 9.97. The van der Waals surface area contributed by atoms with Crippen molar-refractivity contribution in [1.82, 2.24) is 4.31 Å². The molecule has 0 saturated heterocycles. The van der Waals surface area contributed by atoms with Crippen molar-refractivity contribution in [1.29, 1.82) is 0 Å². The van der Waals surface area contributed by atoms with Gasteiger partial charge in [0.05, 0.1) is 28.7 Å². The van der Waals surface area contributed by atoms with Gasteiger partial charge in [-0.2, -0.15) is 0 Å². The molecule has 0 radical (unpaired) electrons. The van der Waals surface area contributed by atoms with Crippen LogP contribution in [0.5, 0.6) is 11.5 Å². The van der Waals surface area contributed by atoms with E-state index in [1.807, 2.05) is 26.0 Å². The molecule has 0 spiro atoms. The normalized spacial score (nSPS) is 13.1. The van der Waals surface area contributed by atoms with Crippen molar-refractivity contribution < 1.29 is 41.7 Å². The number of carbonyl (C=O) groups excluding carboxylic acids is 3. The van der Waals surface area contributed by atoms with Gasteiger partial charge in [0.15, 0.2) is 11.9 Å². The van der Waals surface area contributed by atoms with Gasteiger partial charge in [-0.25, -0.2) is 12.7 Å². The van der Waals surface area contributed by atoms with Crippen molar-refractivity contribution in [3.8, 4) is 11.5 Å². The molecular formula is C28H34Cl3NO9S. The van der Waals surface area contributed by atoms with E-state index in [2.05, 4.69) is 0 Å². The summed E-state index contributed by atoms with van der Waals surface area (Å²) in [5, 5.41) is 0.541. The molecule has 2 rings (SSSR count). The number of carbonyl (C=O) groups is 3. The first-order valence-electron chi connectivity index (χ1n) is 12.7. The number of alkyl halides is 1. The van der Waals surface area contributed by atoms with Gasteiger partial charge < -0.3 is 18.9 Å². The molecule has 0 bridgehead atoms. The first-order valence-corrected chi connectivity index (χ1v) is 15.8. The minimum atomic E-state index is -3.86. The maximum atomic E-state index is 12.0. The number of halogens is 3. The Balaban J connectivity index is 2.18. The van der Waals surface area contributed by atoms with Gasteiger partial charge in [0.1, 0.15) is 25.1 Å². The van der Waals surface area contributed by atoms with Crippen molar-refractivity contribution in [3.63, 3.8) is 0 Å². The minimum absolute atomic E-state index is 0.0218. The molecule has 0 aromatic heterocycles. The summed E-state index contributed by atoms with van der Waals surface area (Å²) in [4.78, 5) is 34.6. The molecule has 0 heterocycles. The summed E-state index contributed by atoms with van der Waals surface area (Å²) in [6.45, 7) is 6.94. The molecule has 0 aliphatic heterocycles. The van der Waals surface area contributed by atoms with E-state index in [4.69, 9.17) is 53.8 Å². The summed E-state index contributed by atoms with van der Waals surface area (Å²) in [6, 6.07) is 10.6.